The summed E-state index contributed by atoms with van der Waals surface area (Å²) in [5.41, 5.74) is 2.17. The fourth-order valence-electron chi connectivity index (χ4n) is 4.24. The van der Waals surface area contributed by atoms with E-state index in [1.165, 1.54) is 11.1 Å². The molecule has 1 aliphatic carbocycles. The second-order valence-electron chi connectivity index (χ2n) is 8.42. The van der Waals surface area contributed by atoms with Crippen molar-refractivity contribution in [1.82, 2.24) is 0 Å². The van der Waals surface area contributed by atoms with Crippen molar-refractivity contribution in [2.24, 2.45) is 11.8 Å². The van der Waals surface area contributed by atoms with Gasteiger partial charge < -0.3 is 15.3 Å². The Balaban J connectivity index is 2.43. The molecule has 0 saturated heterocycles. The van der Waals surface area contributed by atoms with Crippen molar-refractivity contribution in [2.75, 3.05) is 0 Å². The zero-order valence-corrected chi connectivity index (χ0v) is 18.1. The molecule has 1 aliphatic rings. The minimum absolute atomic E-state index is 0.0694. The molecule has 5 heteroatoms. The first-order valence-corrected chi connectivity index (χ1v) is 10.1. The molecule has 154 valence electrons. The van der Waals surface area contributed by atoms with E-state index < -0.39 is 5.60 Å². The normalized spacial score (nSPS) is 25.0. The fourth-order valence-corrected chi connectivity index (χ4v) is 4.46. The summed E-state index contributed by atoms with van der Waals surface area (Å²) in [5.74, 6) is -0.540. The maximum atomic E-state index is 11.4. The standard InChI is InChI=1S/C23H31ClO4/c1-13(2)7-6-8-14(3)16-9-10-23(5,28)19(16)11-17-21(26)18(12-25)15(4)20(24)22(17)27/h7-8,12,16,19,26-28H,6,9-11H2,1-5H3/b14-8-/t16-,19+,23+/m1/s1. The van der Waals surface area contributed by atoms with Gasteiger partial charge in [-0.1, -0.05) is 34.9 Å². The third-order valence-corrected chi connectivity index (χ3v) is 6.57. The molecule has 0 spiro atoms. The number of carbonyl (C=O) groups is 1. The number of benzene rings is 1. The number of carbonyl (C=O) groups excluding carboxylic acids is 1. The van der Waals surface area contributed by atoms with Crippen LogP contribution in [0.2, 0.25) is 5.02 Å². The van der Waals surface area contributed by atoms with Crippen LogP contribution in [0.4, 0.5) is 0 Å². The lowest BCUT2D eigenvalue weighted by atomic mass is 9.78. The molecule has 0 aliphatic heterocycles. The van der Waals surface area contributed by atoms with Crippen LogP contribution in [0.3, 0.4) is 0 Å². The molecule has 0 radical (unpaired) electrons. The minimum Gasteiger partial charge on any atom is -0.507 e. The van der Waals surface area contributed by atoms with E-state index in [1.54, 1.807) is 13.8 Å². The maximum absolute atomic E-state index is 11.4. The second-order valence-corrected chi connectivity index (χ2v) is 8.80. The quantitative estimate of drug-likeness (QED) is 0.431. The summed E-state index contributed by atoms with van der Waals surface area (Å²) in [7, 11) is 0. The molecule has 1 aromatic carbocycles. The monoisotopic (exact) mass is 406 g/mol. The molecular weight excluding hydrogens is 376 g/mol. The Morgan fingerprint density at radius 3 is 2.43 bits per heavy atom. The van der Waals surface area contributed by atoms with E-state index in [1.807, 2.05) is 0 Å². The van der Waals surface area contributed by atoms with Crippen molar-refractivity contribution in [2.45, 2.75) is 65.9 Å². The highest BCUT2D eigenvalue weighted by Gasteiger charge is 2.45. The topological polar surface area (TPSA) is 77.8 Å². The van der Waals surface area contributed by atoms with Gasteiger partial charge in [0, 0.05) is 5.56 Å². The van der Waals surface area contributed by atoms with Gasteiger partial charge in [0.25, 0.3) is 0 Å². The molecule has 0 heterocycles. The van der Waals surface area contributed by atoms with E-state index in [9.17, 15) is 20.1 Å². The van der Waals surface area contributed by atoms with E-state index in [-0.39, 0.29) is 45.9 Å². The predicted molar refractivity (Wildman–Crippen MR) is 113 cm³/mol. The van der Waals surface area contributed by atoms with Crippen molar-refractivity contribution < 1.29 is 20.1 Å². The van der Waals surface area contributed by atoms with E-state index >= 15 is 0 Å². The number of phenolic OH excluding ortho intramolecular Hbond substituents is 2. The van der Waals surface area contributed by atoms with Gasteiger partial charge in [0.2, 0.25) is 0 Å². The van der Waals surface area contributed by atoms with Crippen LogP contribution in [-0.4, -0.2) is 27.2 Å². The van der Waals surface area contributed by atoms with Crippen LogP contribution in [0.1, 0.15) is 68.4 Å². The molecule has 0 amide bonds. The van der Waals surface area contributed by atoms with Gasteiger partial charge in [0.05, 0.1) is 16.2 Å². The summed E-state index contributed by atoms with van der Waals surface area (Å²) in [6, 6.07) is 0. The van der Waals surface area contributed by atoms with Gasteiger partial charge in [-0.25, -0.2) is 0 Å². The summed E-state index contributed by atoms with van der Waals surface area (Å²) in [4.78, 5) is 11.4. The number of hydrogen-bond donors (Lipinski definition) is 3. The summed E-state index contributed by atoms with van der Waals surface area (Å²) in [6.07, 6.45) is 7.42. The number of rotatable bonds is 6. The zero-order chi connectivity index (χ0) is 21.2. The maximum Gasteiger partial charge on any atom is 0.154 e. The molecule has 1 aromatic rings. The molecule has 0 aromatic heterocycles. The van der Waals surface area contributed by atoms with Crippen LogP contribution in [-0.2, 0) is 6.42 Å². The number of phenols is 2. The average Bonchev–Trinajstić information content (AvgIpc) is 2.91. The molecule has 0 unspecified atom stereocenters. The summed E-state index contributed by atoms with van der Waals surface area (Å²) in [5, 5.41) is 32.1. The van der Waals surface area contributed by atoms with Crippen molar-refractivity contribution >= 4 is 17.9 Å². The van der Waals surface area contributed by atoms with Gasteiger partial charge in [-0.05, 0) is 77.7 Å². The van der Waals surface area contributed by atoms with Crippen LogP contribution in [0, 0.1) is 18.8 Å². The van der Waals surface area contributed by atoms with E-state index in [0.29, 0.717) is 18.3 Å². The number of hydrogen-bond acceptors (Lipinski definition) is 4. The molecule has 28 heavy (non-hydrogen) atoms. The number of allylic oxidation sites excluding steroid dienone is 4. The summed E-state index contributed by atoms with van der Waals surface area (Å²) >= 11 is 6.19. The number of aldehydes is 1. The largest absolute Gasteiger partial charge is 0.507 e. The van der Waals surface area contributed by atoms with E-state index in [0.717, 1.165) is 12.8 Å². The smallest absolute Gasteiger partial charge is 0.154 e. The van der Waals surface area contributed by atoms with Gasteiger partial charge in [-0.15, -0.1) is 0 Å². The lowest BCUT2D eigenvalue weighted by Gasteiger charge is -2.31. The second kappa shape index (κ2) is 8.71. The minimum atomic E-state index is -0.937. The fraction of sp³-hybridized carbons (Fsp3) is 0.522. The predicted octanol–water partition coefficient (Wildman–Crippen LogP) is 5.49. The highest BCUT2D eigenvalue weighted by Crippen LogP contribution is 2.49. The van der Waals surface area contributed by atoms with Crippen LogP contribution in [0.5, 0.6) is 11.5 Å². The molecule has 2 rings (SSSR count). The Morgan fingerprint density at radius 2 is 1.86 bits per heavy atom. The Labute approximate surface area is 172 Å². The van der Waals surface area contributed by atoms with Gasteiger partial charge in [-0.2, -0.15) is 0 Å². The third kappa shape index (κ3) is 4.44. The van der Waals surface area contributed by atoms with Crippen LogP contribution in [0.15, 0.2) is 23.3 Å². The molecule has 4 nitrogen and oxygen atoms in total. The first kappa shape index (κ1) is 22.5. The van der Waals surface area contributed by atoms with Crippen LogP contribution < -0.4 is 0 Å². The van der Waals surface area contributed by atoms with Crippen molar-refractivity contribution in [1.29, 1.82) is 0 Å². The summed E-state index contributed by atoms with van der Waals surface area (Å²) in [6.45, 7) is 9.56. The molecule has 0 bridgehead atoms. The first-order chi connectivity index (χ1) is 13.0. The Kier molecular flexibility index (Phi) is 7.00. The van der Waals surface area contributed by atoms with Crippen LogP contribution >= 0.6 is 11.6 Å². The lowest BCUT2D eigenvalue weighted by molar-refractivity contribution is 0.0136. The van der Waals surface area contributed by atoms with Gasteiger partial charge in [0.1, 0.15) is 11.5 Å². The third-order valence-electron chi connectivity index (χ3n) is 6.11. The van der Waals surface area contributed by atoms with Crippen LogP contribution in [0.25, 0.3) is 0 Å². The van der Waals surface area contributed by atoms with Crippen molar-refractivity contribution in [3.63, 3.8) is 0 Å². The van der Waals surface area contributed by atoms with Gasteiger partial charge in [0.15, 0.2) is 6.29 Å². The molecule has 1 fully saturated rings. The van der Waals surface area contributed by atoms with Gasteiger partial charge in [-0.3, -0.25) is 4.79 Å². The van der Waals surface area contributed by atoms with Gasteiger partial charge >= 0.3 is 0 Å². The summed E-state index contributed by atoms with van der Waals surface area (Å²) < 4.78 is 0. The molecule has 1 saturated carbocycles. The van der Waals surface area contributed by atoms with E-state index in [4.69, 9.17) is 11.6 Å². The highest BCUT2D eigenvalue weighted by molar-refractivity contribution is 6.33. The number of halogens is 1. The Hall–Kier alpha value is -1.78. The molecule has 3 atom stereocenters. The Bertz CT molecular complexity index is 817. The first-order valence-electron chi connectivity index (χ1n) is 9.71. The average molecular weight is 407 g/mol. The number of aliphatic hydroxyl groups is 1. The zero-order valence-electron chi connectivity index (χ0n) is 17.3. The van der Waals surface area contributed by atoms with Crippen molar-refractivity contribution in [3.8, 4) is 11.5 Å². The lowest BCUT2D eigenvalue weighted by Crippen LogP contribution is -2.34. The SMILES string of the molecule is CC(C)=CC/C=C(/C)[C@H]1CC[C@](C)(O)[C@H]1Cc1c(O)c(Cl)c(C)c(C=O)c1O. The molecular formula is C23H31ClO4. The van der Waals surface area contributed by atoms with E-state index in [2.05, 4.69) is 32.9 Å². The van der Waals surface area contributed by atoms with Crippen molar-refractivity contribution in [3.05, 3.63) is 45.0 Å². The highest BCUT2D eigenvalue weighted by atomic mass is 35.5. The Morgan fingerprint density at radius 1 is 1.21 bits per heavy atom. The molecule has 3 N–H and O–H groups in total. The number of aromatic hydroxyl groups is 2.